The molecule has 1 aromatic carbocycles. The molecule has 6 nitrogen and oxygen atoms in total. The van der Waals surface area contributed by atoms with Crippen LogP contribution in [0.3, 0.4) is 0 Å². The Labute approximate surface area is 119 Å². The second kappa shape index (κ2) is 5.99. The van der Waals surface area contributed by atoms with Crippen LogP contribution in [-0.4, -0.2) is 51.2 Å². The summed E-state index contributed by atoms with van der Waals surface area (Å²) in [6.07, 6.45) is 0.674. The van der Waals surface area contributed by atoms with Crippen LogP contribution in [-0.2, 0) is 10.0 Å². The lowest BCUT2D eigenvalue weighted by molar-refractivity contribution is 0.108. The predicted octanol–water partition coefficient (Wildman–Crippen LogP) is 0.849. The van der Waals surface area contributed by atoms with Crippen molar-refractivity contribution in [2.24, 2.45) is 0 Å². The van der Waals surface area contributed by atoms with Gasteiger partial charge in [-0.2, -0.15) is 4.31 Å². The van der Waals surface area contributed by atoms with E-state index < -0.39 is 16.1 Å². The SMILES string of the molecule is COc1ccc(S(=O)(=O)N2CCC[C@H](O)C2)c(OC)c1. The van der Waals surface area contributed by atoms with Crippen molar-refractivity contribution in [1.82, 2.24) is 4.31 Å². The largest absolute Gasteiger partial charge is 0.497 e. The number of β-amino-alcohol motifs (C(OH)–C–C–N with tert-alkyl or cyclic N) is 1. The Morgan fingerprint density at radius 2 is 2.05 bits per heavy atom. The summed E-state index contributed by atoms with van der Waals surface area (Å²) in [5.41, 5.74) is 0. The van der Waals surface area contributed by atoms with Crippen LogP contribution < -0.4 is 9.47 Å². The summed E-state index contributed by atoms with van der Waals surface area (Å²) in [4.78, 5) is 0.0925. The molecule has 20 heavy (non-hydrogen) atoms. The van der Waals surface area contributed by atoms with Crippen LogP contribution in [0.2, 0.25) is 0 Å². The zero-order chi connectivity index (χ0) is 14.8. The quantitative estimate of drug-likeness (QED) is 0.892. The minimum Gasteiger partial charge on any atom is -0.497 e. The predicted molar refractivity (Wildman–Crippen MR) is 73.5 cm³/mol. The maximum absolute atomic E-state index is 12.6. The van der Waals surface area contributed by atoms with E-state index in [1.54, 1.807) is 6.07 Å². The van der Waals surface area contributed by atoms with E-state index in [0.29, 0.717) is 25.1 Å². The number of benzene rings is 1. The van der Waals surface area contributed by atoms with Crippen LogP contribution in [0.1, 0.15) is 12.8 Å². The minimum atomic E-state index is -3.67. The minimum absolute atomic E-state index is 0.0925. The summed E-state index contributed by atoms with van der Waals surface area (Å²) in [6, 6.07) is 4.58. The molecule has 0 spiro atoms. The van der Waals surface area contributed by atoms with Crippen molar-refractivity contribution in [3.8, 4) is 11.5 Å². The van der Waals surface area contributed by atoms with Crippen molar-refractivity contribution in [2.75, 3.05) is 27.3 Å². The fourth-order valence-electron chi connectivity index (χ4n) is 2.27. The lowest BCUT2D eigenvalue weighted by atomic mass is 10.1. The standard InChI is InChI=1S/C13H19NO5S/c1-18-11-5-6-13(12(8-11)19-2)20(16,17)14-7-3-4-10(15)9-14/h5-6,8,10,15H,3-4,7,9H2,1-2H3/t10-/m0/s1. The molecule has 2 rings (SSSR count). The van der Waals surface area contributed by atoms with Gasteiger partial charge < -0.3 is 14.6 Å². The van der Waals surface area contributed by atoms with Gasteiger partial charge in [0.1, 0.15) is 16.4 Å². The first-order valence-electron chi connectivity index (χ1n) is 6.39. The molecule has 1 atom stereocenters. The molecule has 0 aliphatic carbocycles. The van der Waals surface area contributed by atoms with E-state index in [-0.39, 0.29) is 17.2 Å². The van der Waals surface area contributed by atoms with Crippen molar-refractivity contribution >= 4 is 10.0 Å². The molecule has 0 unspecified atom stereocenters. The number of nitrogens with zero attached hydrogens (tertiary/aromatic N) is 1. The molecule has 7 heteroatoms. The van der Waals surface area contributed by atoms with Crippen LogP contribution in [0.5, 0.6) is 11.5 Å². The van der Waals surface area contributed by atoms with Crippen molar-refractivity contribution in [2.45, 2.75) is 23.8 Å². The molecule has 1 heterocycles. The zero-order valence-corrected chi connectivity index (χ0v) is 12.4. The van der Waals surface area contributed by atoms with Gasteiger partial charge in [0.2, 0.25) is 10.0 Å². The summed E-state index contributed by atoms with van der Waals surface area (Å²) in [7, 11) is -0.750. The average Bonchev–Trinajstić information content (AvgIpc) is 2.46. The number of rotatable bonds is 4. The Morgan fingerprint density at radius 1 is 1.30 bits per heavy atom. The normalized spacial score (nSPS) is 20.6. The van der Waals surface area contributed by atoms with E-state index in [4.69, 9.17) is 9.47 Å². The maximum Gasteiger partial charge on any atom is 0.246 e. The van der Waals surface area contributed by atoms with E-state index >= 15 is 0 Å². The number of hydrogen-bond acceptors (Lipinski definition) is 5. The van der Waals surface area contributed by atoms with Crippen LogP contribution in [0.25, 0.3) is 0 Å². The first-order chi connectivity index (χ1) is 9.48. The third kappa shape index (κ3) is 2.89. The molecule has 0 saturated carbocycles. The number of aliphatic hydroxyl groups excluding tert-OH is 1. The summed E-state index contributed by atoms with van der Waals surface area (Å²) in [5.74, 6) is 0.767. The molecule has 0 aromatic heterocycles. The Bertz CT molecular complexity index is 572. The van der Waals surface area contributed by atoms with Crippen LogP contribution in [0.15, 0.2) is 23.1 Å². The van der Waals surface area contributed by atoms with Gasteiger partial charge >= 0.3 is 0 Å². The van der Waals surface area contributed by atoms with Gasteiger partial charge in [0.25, 0.3) is 0 Å². The number of hydrogen-bond donors (Lipinski definition) is 1. The van der Waals surface area contributed by atoms with E-state index in [9.17, 15) is 13.5 Å². The van der Waals surface area contributed by atoms with E-state index in [2.05, 4.69) is 0 Å². The second-order valence-corrected chi connectivity index (χ2v) is 6.58. The van der Waals surface area contributed by atoms with E-state index in [1.165, 1.54) is 30.7 Å². The van der Waals surface area contributed by atoms with Crippen LogP contribution in [0, 0.1) is 0 Å². The van der Waals surface area contributed by atoms with Crippen molar-refractivity contribution in [3.05, 3.63) is 18.2 Å². The average molecular weight is 301 g/mol. The third-order valence-corrected chi connectivity index (χ3v) is 5.25. The first-order valence-corrected chi connectivity index (χ1v) is 7.83. The lowest BCUT2D eigenvalue weighted by Gasteiger charge is -2.29. The van der Waals surface area contributed by atoms with Gasteiger partial charge in [-0.1, -0.05) is 0 Å². The van der Waals surface area contributed by atoms with E-state index in [0.717, 1.165) is 0 Å². The van der Waals surface area contributed by atoms with Crippen LogP contribution >= 0.6 is 0 Å². The topological polar surface area (TPSA) is 76.1 Å². The highest BCUT2D eigenvalue weighted by molar-refractivity contribution is 7.89. The summed E-state index contributed by atoms with van der Waals surface area (Å²) >= 11 is 0. The first kappa shape index (κ1) is 15.1. The van der Waals surface area contributed by atoms with Crippen LogP contribution in [0.4, 0.5) is 0 Å². The molecule has 1 aliphatic rings. The van der Waals surface area contributed by atoms with Crippen molar-refractivity contribution in [1.29, 1.82) is 0 Å². The number of aliphatic hydroxyl groups is 1. The smallest absolute Gasteiger partial charge is 0.246 e. The van der Waals surface area contributed by atoms with Gasteiger partial charge in [0, 0.05) is 19.2 Å². The Kier molecular flexibility index (Phi) is 4.52. The molecule has 0 radical (unpaired) electrons. The molecular formula is C13H19NO5S. The maximum atomic E-state index is 12.6. The van der Waals surface area contributed by atoms with Gasteiger partial charge in [-0.25, -0.2) is 8.42 Å². The molecule has 1 aliphatic heterocycles. The fourth-order valence-corrected chi connectivity index (χ4v) is 3.92. The van der Waals surface area contributed by atoms with Gasteiger partial charge in [-0.3, -0.25) is 0 Å². The molecular weight excluding hydrogens is 282 g/mol. The highest BCUT2D eigenvalue weighted by Gasteiger charge is 2.31. The molecule has 0 amide bonds. The molecule has 0 bridgehead atoms. The number of ether oxygens (including phenoxy) is 2. The summed E-state index contributed by atoms with van der Waals surface area (Å²) < 4.78 is 36.7. The number of piperidine rings is 1. The lowest BCUT2D eigenvalue weighted by Crippen LogP contribution is -2.42. The van der Waals surface area contributed by atoms with Crippen molar-refractivity contribution < 1.29 is 23.0 Å². The summed E-state index contributed by atoms with van der Waals surface area (Å²) in [5, 5.41) is 9.64. The highest BCUT2D eigenvalue weighted by Crippen LogP contribution is 2.31. The Morgan fingerprint density at radius 3 is 2.65 bits per heavy atom. The molecule has 1 aromatic rings. The highest BCUT2D eigenvalue weighted by atomic mass is 32.2. The third-order valence-electron chi connectivity index (χ3n) is 3.35. The summed E-state index contributed by atoms with van der Waals surface area (Å²) in [6.45, 7) is 0.534. The molecule has 1 fully saturated rings. The molecule has 1 saturated heterocycles. The van der Waals surface area contributed by atoms with E-state index in [1.807, 2.05) is 0 Å². The van der Waals surface area contributed by atoms with Gasteiger partial charge in [0.15, 0.2) is 0 Å². The van der Waals surface area contributed by atoms with Crippen molar-refractivity contribution in [3.63, 3.8) is 0 Å². The molecule has 1 N–H and O–H groups in total. The monoisotopic (exact) mass is 301 g/mol. The second-order valence-electron chi connectivity index (χ2n) is 4.68. The fraction of sp³-hybridized carbons (Fsp3) is 0.538. The van der Waals surface area contributed by atoms with Gasteiger partial charge in [0.05, 0.1) is 20.3 Å². The zero-order valence-electron chi connectivity index (χ0n) is 11.6. The number of sulfonamides is 1. The molecule has 112 valence electrons. The number of methoxy groups -OCH3 is 2. The Balaban J connectivity index is 2.38. The van der Waals surface area contributed by atoms with Gasteiger partial charge in [-0.05, 0) is 25.0 Å². The Hall–Kier alpha value is -1.31. The van der Waals surface area contributed by atoms with Gasteiger partial charge in [-0.15, -0.1) is 0 Å².